The number of fused-ring (bicyclic) bond motifs is 1. The third-order valence-electron chi connectivity index (χ3n) is 7.70. The molecule has 3 N–H and O–H groups in total. The van der Waals surface area contributed by atoms with Crippen LogP contribution in [0.3, 0.4) is 0 Å². The van der Waals surface area contributed by atoms with Crippen molar-refractivity contribution in [1.29, 1.82) is 0 Å². The highest BCUT2D eigenvalue weighted by Gasteiger charge is 2.45. The first-order valence-electron chi connectivity index (χ1n) is 13.5. The fourth-order valence-electron chi connectivity index (χ4n) is 5.25. The Bertz CT molecular complexity index is 1180. The zero-order valence-corrected chi connectivity index (χ0v) is 22.5. The largest absolute Gasteiger partial charge is 0.494 e. The second kappa shape index (κ2) is 12.1. The topological polar surface area (TPSA) is 124 Å². The number of amides is 1. The number of carbonyl (C=O) groups is 2. The lowest BCUT2D eigenvalue weighted by molar-refractivity contribution is -0.256. The molecule has 1 aromatic heterocycles. The Morgan fingerprint density at radius 2 is 2.08 bits per heavy atom. The monoisotopic (exact) mass is 549 g/mol. The van der Waals surface area contributed by atoms with Crippen LogP contribution in [0.2, 0.25) is 0 Å². The lowest BCUT2D eigenvalue weighted by Gasteiger charge is -2.24. The molecule has 0 spiro atoms. The molecule has 1 aliphatic heterocycles. The summed E-state index contributed by atoms with van der Waals surface area (Å²) in [5.74, 6) is -3.57. The van der Waals surface area contributed by atoms with Gasteiger partial charge in [0.25, 0.3) is 5.92 Å². The Hall–Kier alpha value is -2.89. The Labute approximate surface area is 226 Å². The van der Waals surface area contributed by atoms with Crippen LogP contribution in [-0.4, -0.2) is 64.8 Å². The fourth-order valence-corrected chi connectivity index (χ4v) is 5.25. The molecule has 39 heavy (non-hydrogen) atoms. The first kappa shape index (κ1) is 29.1. The molecule has 2 heterocycles. The number of halogens is 2. The molecule has 214 valence electrons. The fraction of sp³-hybridized carbons (Fsp3) is 0.607. The molecule has 1 saturated carbocycles. The van der Waals surface area contributed by atoms with Crippen molar-refractivity contribution in [2.45, 2.75) is 83.1 Å². The Kier molecular flexibility index (Phi) is 9.03. The van der Waals surface area contributed by atoms with Gasteiger partial charge in [-0.1, -0.05) is 13.3 Å². The summed E-state index contributed by atoms with van der Waals surface area (Å²) >= 11 is 0. The van der Waals surface area contributed by atoms with Crippen molar-refractivity contribution in [2.24, 2.45) is 17.6 Å². The average molecular weight is 550 g/mol. The summed E-state index contributed by atoms with van der Waals surface area (Å²) in [6.45, 7) is 5.59. The molecule has 2 fully saturated rings. The number of pyridine rings is 1. The molecule has 4 rings (SSSR count). The van der Waals surface area contributed by atoms with E-state index in [2.05, 4.69) is 9.87 Å². The number of likely N-dealkylation sites (tertiary alicyclic amines) is 1. The molecule has 9 nitrogen and oxygen atoms in total. The summed E-state index contributed by atoms with van der Waals surface area (Å²) in [5.41, 5.74) is 5.86. The van der Waals surface area contributed by atoms with Crippen molar-refractivity contribution in [3.8, 4) is 11.6 Å². The van der Waals surface area contributed by atoms with Crippen LogP contribution in [0.15, 0.2) is 24.3 Å². The first-order chi connectivity index (χ1) is 18.6. The Balaban J connectivity index is 1.61. The highest BCUT2D eigenvalue weighted by atomic mass is 19.3. The minimum atomic E-state index is -3.24. The quantitative estimate of drug-likeness (QED) is 0.164. The summed E-state index contributed by atoms with van der Waals surface area (Å²) in [6, 6.07) is 4.85. The van der Waals surface area contributed by atoms with E-state index >= 15 is 8.78 Å². The van der Waals surface area contributed by atoms with E-state index in [1.807, 2.05) is 6.92 Å². The molecular formula is C28H37F2N3O6. The molecule has 1 amide bonds. The predicted molar refractivity (Wildman–Crippen MR) is 140 cm³/mol. The summed E-state index contributed by atoms with van der Waals surface area (Å²) < 4.78 is 43.1. The van der Waals surface area contributed by atoms with Crippen LogP contribution < -0.4 is 15.2 Å². The van der Waals surface area contributed by atoms with Crippen LogP contribution in [-0.2, 0) is 20.4 Å². The molecule has 2 aliphatic rings. The molecule has 1 aliphatic carbocycles. The third kappa shape index (κ3) is 6.47. The average Bonchev–Trinajstić information content (AvgIpc) is 3.60. The van der Waals surface area contributed by atoms with Crippen molar-refractivity contribution in [1.82, 2.24) is 9.88 Å². The van der Waals surface area contributed by atoms with E-state index in [-0.39, 0.29) is 36.4 Å². The van der Waals surface area contributed by atoms with E-state index in [4.69, 9.17) is 20.5 Å². The van der Waals surface area contributed by atoms with Crippen LogP contribution >= 0.6 is 0 Å². The van der Waals surface area contributed by atoms with Crippen molar-refractivity contribution in [3.63, 3.8) is 0 Å². The molecule has 0 radical (unpaired) electrons. The van der Waals surface area contributed by atoms with Crippen LogP contribution in [0.5, 0.6) is 11.6 Å². The number of nitrogens with zero attached hydrogens (tertiary/aromatic N) is 2. The van der Waals surface area contributed by atoms with Crippen molar-refractivity contribution in [2.75, 3.05) is 13.2 Å². The zero-order chi connectivity index (χ0) is 28.3. The standard InChI is InChI=1S/C28H37F2N3O6/c1-4-37-20-9-8-18-11-21(28(29,30)10-6-5-7-19-12-24(19)39-36)26(32-22(18)13-20)38-25-14-33(27(35)17(3)31)23(15-34)16(25)2/h8-9,11,13,15-17,19,23-25,36H,4-7,10,12,14,31H2,1-3H3/t16-,17-,19?,23?,24+,25-/m0/s1. The third-order valence-corrected chi connectivity index (χ3v) is 7.70. The molecule has 1 saturated heterocycles. The maximum absolute atomic E-state index is 15.7. The number of rotatable bonds is 13. The van der Waals surface area contributed by atoms with Gasteiger partial charge >= 0.3 is 0 Å². The van der Waals surface area contributed by atoms with Gasteiger partial charge in [-0.3, -0.25) is 10.1 Å². The number of ether oxygens (including phenoxy) is 2. The van der Waals surface area contributed by atoms with Gasteiger partial charge in [-0.05, 0) is 57.2 Å². The van der Waals surface area contributed by atoms with E-state index in [1.54, 1.807) is 25.1 Å². The second-order valence-electron chi connectivity index (χ2n) is 10.6. The van der Waals surface area contributed by atoms with Gasteiger partial charge in [0, 0.05) is 23.8 Å². The van der Waals surface area contributed by atoms with Gasteiger partial charge in [-0.15, -0.1) is 0 Å². The van der Waals surface area contributed by atoms with E-state index in [0.29, 0.717) is 42.4 Å². The number of carbonyl (C=O) groups excluding carboxylic acids is 2. The normalized spacial score (nSPS) is 25.5. The number of nitrogens with two attached hydrogens (primary N) is 1. The number of unbranched alkanes of at least 4 members (excludes halogenated alkanes) is 1. The molecule has 2 aromatic rings. The number of alkyl halides is 2. The molecular weight excluding hydrogens is 512 g/mol. The highest BCUT2D eigenvalue weighted by molar-refractivity contribution is 5.85. The van der Waals surface area contributed by atoms with E-state index in [9.17, 15) is 9.59 Å². The molecule has 1 aromatic carbocycles. The van der Waals surface area contributed by atoms with Gasteiger partial charge in [0.15, 0.2) is 0 Å². The van der Waals surface area contributed by atoms with Gasteiger partial charge in [0.1, 0.15) is 18.1 Å². The predicted octanol–water partition coefficient (Wildman–Crippen LogP) is 4.30. The SMILES string of the molecule is CCOc1ccc2cc(C(F)(F)CCCCC3C[C@H]3OO)c(O[C@H]3CN(C(=O)[C@H](C)N)C(C=O)[C@@H]3C)nc2c1. The number of hydrogen-bond donors (Lipinski definition) is 2. The molecule has 11 heteroatoms. The summed E-state index contributed by atoms with van der Waals surface area (Å²) in [4.78, 5) is 34.6. The van der Waals surface area contributed by atoms with Gasteiger partial charge in [0.2, 0.25) is 11.8 Å². The number of benzene rings is 1. The Morgan fingerprint density at radius 3 is 2.72 bits per heavy atom. The maximum Gasteiger partial charge on any atom is 0.278 e. The minimum Gasteiger partial charge on any atom is -0.494 e. The lowest BCUT2D eigenvalue weighted by atomic mass is 9.99. The highest BCUT2D eigenvalue weighted by Crippen LogP contribution is 2.43. The van der Waals surface area contributed by atoms with Crippen LogP contribution in [0.25, 0.3) is 10.9 Å². The Morgan fingerprint density at radius 1 is 1.31 bits per heavy atom. The molecule has 0 bridgehead atoms. The van der Waals surface area contributed by atoms with Gasteiger partial charge in [-0.25, -0.2) is 18.7 Å². The number of hydrogen-bond acceptors (Lipinski definition) is 8. The second-order valence-corrected chi connectivity index (χ2v) is 10.6. The summed E-state index contributed by atoms with van der Waals surface area (Å²) in [6.07, 6.45) is 1.63. The lowest BCUT2D eigenvalue weighted by Crippen LogP contribution is -2.46. The summed E-state index contributed by atoms with van der Waals surface area (Å²) in [7, 11) is 0. The zero-order valence-electron chi connectivity index (χ0n) is 22.5. The number of aromatic nitrogens is 1. The molecule has 6 atom stereocenters. The van der Waals surface area contributed by atoms with Crippen molar-refractivity contribution < 1.29 is 38.0 Å². The van der Waals surface area contributed by atoms with Gasteiger partial charge in [-0.2, -0.15) is 0 Å². The maximum atomic E-state index is 15.7. The van der Waals surface area contributed by atoms with E-state index in [1.165, 1.54) is 17.9 Å². The van der Waals surface area contributed by atoms with Crippen LogP contribution in [0.1, 0.15) is 58.4 Å². The van der Waals surface area contributed by atoms with E-state index < -0.39 is 42.4 Å². The smallest absolute Gasteiger partial charge is 0.278 e. The van der Waals surface area contributed by atoms with Crippen molar-refractivity contribution in [3.05, 3.63) is 29.8 Å². The first-order valence-corrected chi connectivity index (χ1v) is 13.5. The van der Waals surface area contributed by atoms with Gasteiger partial charge in [0.05, 0.1) is 42.4 Å². The van der Waals surface area contributed by atoms with E-state index in [0.717, 1.165) is 6.42 Å². The number of aldehydes is 1. The minimum absolute atomic E-state index is 0.0319. The van der Waals surface area contributed by atoms with Crippen LogP contribution in [0.4, 0.5) is 8.78 Å². The van der Waals surface area contributed by atoms with Gasteiger partial charge < -0.3 is 24.9 Å². The summed E-state index contributed by atoms with van der Waals surface area (Å²) in [5, 5.41) is 9.24. The molecule has 2 unspecified atom stereocenters. The van der Waals surface area contributed by atoms with Crippen LogP contribution in [0, 0.1) is 11.8 Å². The van der Waals surface area contributed by atoms with Crippen molar-refractivity contribution >= 4 is 23.1 Å².